The molecule has 46 heavy (non-hydrogen) atoms. The number of aromatic nitrogens is 1. The predicted molar refractivity (Wildman–Crippen MR) is 174 cm³/mol. The van der Waals surface area contributed by atoms with Gasteiger partial charge in [0.1, 0.15) is 22.9 Å². The number of hydrogen-bond donors (Lipinski definition) is 3. The first-order valence-electron chi connectivity index (χ1n) is 15.4. The summed E-state index contributed by atoms with van der Waals surface area (Å²) < 4.78 is 18.2. The number of phenolic OH excluding ortho intramolecular Hbond substituents is 1. The fourth-order valence-corrected chi connectivity index (χ4v) is 6.46. The van der Waals surface area contributed by atoms with Crippen molar-refractivity contribution in [3.8, 4) is 28.7 Å². The van der Waals surface area contributed by atoms with Gasteiger partial charge in [-0.3, -0.25) is 9.59 Å². The number of carbonyl (C=O) groups excluding carboxylic acids is 2. The lowest BCUT2D eigenvalue weighted by Crippen LogP contribution is -2.41. The first-order valence-corrected chi connectivity index (χ1v) is 15.4. The van der Waals surface area contributed by atoms with E-state index in [1.807, 2.05) is 67.3 Å². The molecule has 4 heterocycles. The van der Waals surface area contributed by atoms with Crippen molar-refractivity contribution in [2.24, 2.45) is 0 Å². The van der Waals surface area contributed by atoms with Crippen molar-refractivity contribution in [2.45, 2.75) is 32.7 Å². The van der Waals surface area contributed by atoms with Gasteiger partial charge in [-0.15, -0.1) is 0 Å². The molecule has 8 rings (SSSR count). The van der Waals surface area contributed by atoms with Crippen molar-refractivity contribution in [1.82, 2.24) is 15.2 Å². The number of aromatic amines is 1. The second kappa shape index (κ2) is 11.8. The van der Waals surface area contributed by atoms with Gasteiger partial charge in [0.05, 0.1) is 25.3 Å². The van der Waals surface area contributed by atoms with Gasteiger partial charge in [0.25, 0.3) is 11.8 Å². The highest BCUT2D eigenvalue weighted by Gasteiger charge is 2.35. The number of amides is 2. The molecule has 1 atom stereocenters. The maximum absolute atomic E-state index is 14.5. The van der Waals surface area contributed by atoms with Gasteiger partial charge < -0.3 is 34.5 Å². The van der Waals surface area contributed by atoms with E-state index >= 15 is 0 Å². The molecule has 234 valence electrons. The third-order valence-electron chi connectivity index (χ3n) is 8.83. The fraction of sp³-hybridized carbons (Fsp3) is 0.243. The lowest BCUT2D eigenvalue weighted by Gasteiger charge is -2.38. The molecule has 3 aliphatic rings. The summed E-state index contributed by atoms with van der Waals surface area (Å²) in [6.07, 6.45) is 1.15. The average molecular weight is 618 g/mol. The number of carbonyl (C=O) groups is 2. The maximum Gasteiger partial charge on any atom is 0.271 e. The van der Waals surface area contributed by atoms with Gasteiger partial charge in [-0.1, -0.05) is 23.8 Å². The zero-order valence-electron chi connectivity index (χ0n) is 26.0. The molecule has 3 N–H and O–H groups in total. The van der Waals surface area contributed by atoms with Gasteiger partial charge in [-0.05, 0) is 104 Å². The Labute approximate surface area is 266 Å². The molecule has 1 aromatic heterocycles. The molecule has 0 saturated heterocycles. The number of nitrogens with one attached hydrogen (secondary N) is 2. The van der Waals surface area contributed by atoms with Crippen LogP contribution in [0.15, 0.2) is 72.8 Å². The Hall–Kier alpha value is -5.44. The second-order valence-corrected chi connectivity index (χ2v) is 11.8. The summed E-state index contributed by atoms with van der Waals surface area (Å²) in [5.74, 6) is 1.36. The molecule has 0 fully saturated rings. The lowest BCUT2D eigenvalue weighted by atomic mass is 9.87. The first-order chi connectivity index (χ1) is 22.3. The Kier molecular flexibility index (Phi) is 7.52. The quantitative estimate of drug-likeness (QED) is 0.206. The summed E-state index contributed by atoms with van der Waals surface area (Å²) in [4.78, 5) is 32.7. The summed E-state index contributed by atoms with van der Waals surface area (Å²) in [6, 6.07) is 22.0. The number of benzene rings is 4. The monoisotopic (exact) mass is 617 g/mol. The smallest absolute Gasteiger partial charge is 0.271 e. The minimum absolute atomic E-state index is 0.0814. The van der Waals surface area contributed by atoms with Crippen LogP contribution in [0.5, 0.6) is 28.7 Å². The van der Waals surface area contributed by atoms with Gasteiger partial charge in [0, 0.05) is 24.0 Å². The highest BCUT2D eigenvalue weighted by atomic mass is 16.5. The molecule has 0 saturated carbocycles. The second-order valence-electron chi connectivity index (χ2n) is 11.8. The summed E-state index contributed by atoms with van der Waals surface area (Å²) in [7, 11) is 1.57. The number of hydrogen-bond acceptors (Lipinski definition) is 6. The standard InChI is InChI=1S/C37H35N3O6/c1-21-8-10-30-27(16-21)22(2)34(39-30)37(43)40-14-12-23-18-33-32(44-3)20-28(23)35(40)24-6-4-7-25(17-24)45-15-5-13-38-36(42)29-19-26(46-33)9-11-31(29)41/h4,6-11,16-20,35,39,41H,5,12-15H2,1-3H3,(H,38,42). The minimum Gasteiger partial charge on any atom is -0.507 e. The van der Waals surface area contributed by atoms with Crippen LogP contribution < -0.4 is 19.5 Å². The normalized spacial score (nSPS) is 16.2. The van der Waals surface area contributed by atoms with E-state index in [4.69, 9.17) is 14.2 Å². The topological polar surface area (TPSA) is 113 Å². The van der Waals surface area contributed by atoms with Crippen LogP contribution in [0.1, 0.15) is 61.1 Å². The molecule has 1 unspecified atom stereocenters. The number of rotatable bonds is 2. The number of fused-ring (bicyclic) bond motifs is 7. The van der Waals surface area contributed by atoms with Crippen LogP contribution >= 0.6 is 0 Å². The van der Waals surface area contributed by atoms with Crippen LogP contribution in [0.3, 0.4) is 0 Å². The Morgan fingerprint density at radius 2 is 1.89 bits per heavy atom. The van der Waals surface area contributed by atoms with E-state index in [2.05, 4.69) is 16.4 Å². The van der Waals surface area contributed by atoms with Crippen LogP contribution in [-0.2, 0) is 6.42 Å². The number of aryl methyl sites for hydroxylation is 2. The van der Waals surface area contributed by atoms with E-state index in [0.29, 0.717) is 61.2 Å². The predicted octanol–water partition coefficient (Wildman–Crippen LogP) is 6.59. The molecule has 5 aromatic rings. The van der Waals surface area contributed by atoms with Crippen molar-refractivity contribution in [3.63, 3.8) is 0 Å². The summed E-state index contributed by atoms with van der Waals surface area (Å²) in [5, 5.41) is 14.3. The maximum atomic E-state index is 14.5. The molecule has 0 spiro atoms. The number of ether oxygens (including phenoxy) is 3. The van der Waals surface area contributed by atoms with E-state index in [-0.39, 0.29) is 17.2 Å². The van der Waals surface area contributed by atoms with Gasteiger partial charge in [0.2, 0.25) is 0 Å². The molecule has 8 bridgehead atoms. The lowest BCUT2D eigenvalue weighted by molar-refractivity contribution is 0.0687. The van der Waals surface area contributed by atoms with Gasteiger partial charge in [-0.2, -0.15) is 0 Å². The van der Waals surface area contributed by atoms with E-state index in [9.17, 15) is 14.7 Å². The molecular formula is C37H35N3O6. The van der Waals surface area contributed by atoms with Gasteiger partial charge in [0.15, 0.2) is 11.5 Å². The van der Waals surface area contributed by atoms with E-state index in [0.717, 1.165) is 38.7 Å². The first kappa shape index (κ1) is 29.3. The minimum atomic E-state index is -0.422. The highest BCUT2D eigenvalue weighted by molar-refractivity contribution is 6.01. The molecule has 3 aliphatic heterocycles. The van der Waals surface area contributed by atoms with Crippen LogP contribution in [0.2, 0.25) is 0 Å². The van der Waals surface area contributed by atoms with Crippen LogP contribution in [0, 0.1) is 13.8 Å². The average Bonchev–Trinajstić information content (AvgIpc) is 3.39. The van der Waals surface area contributed by atoms with Crippen molar-refractivity contribution in [3.05, 3.63) is 112 Å². The van der Waals surface area contributed by atoms with E-state index in [1.165, 1.54) is 12.1 Å². The molecule has 2 amide bonds. The van der Waals surface area contributed by atoms with Gasteiger partial charge in [-0.25, -0.2) is 0 Å². The number of nitrogens with zero attached hydrogens (tertiary/aromatic N) is 1. The Bertz CT molecular complexity index is 2000. The summed E-state index contributed by atoms with van der Waals surface area (Å²) >= 11 is 0. The third kappa shape index (κ3) is 5.27. The number of H-pyrrole nitrogens is 1. The van der Waals surface area contributed by atoms with Crippen LogP contribution in [-0.4, -0.2) is 53.6 Å². The number of methoxy groups -OCH3 is 1. The van der Waals surface area contributed by atoms with Crippen LogP contribution in [0.25, 0.3) is 10.9 Å². The molecule has 4 aromatic carbocycles. The summed E-state index contributed by atoms with van der Waals surface area (Å²) in [5.41, 5.74) is 6.53. The van der Waals surface area contributed by atoms with Crippen molar-refractivity contribution >= 4 is 22.7 Å². The zero-order valence-corrected chi connectivity index (χ0v) is 26.0. The largest absolute Gasteiger partial charge is 0.507 e. The Morgan fingerprint density at radius 1 is 1.02 bits per heavy atom. The van der Waals surface area contributed by atoms with Gasteiger partial charge >= 0.3 is 0 Å². The summed E-state index contributed by atoms with van der Waals surface area (Å²) in [6.45, 7) is 5.24. The van der Waals surface area contributed by atoms with E-state index in [1.54, 1.807) is 13.2 Å². The molecular weight excluding hydrogens is 582 g/mol. The molecule has 0 radical (unpaired) electrons. The fourth-order valence-electron chi connectivity index (χ4n) is 6.46. The van der Waals surface area contributed by atoms with E-state index < -0.39 is 11.9 Å². The Morgan fingerprint density at radius 3 is 2.74 bits per heavy atom. The SMILES string of the molecule is COc1cc2c3cc1Oc1ccc(O)c(c1)C(=O)NCCCOc1cccc(c1)C2N(C(=O)c1[nH]c2ccc(C)cc2c1C)CC3. The molecule has 9 heteroatoms. The van der Waals surface area contributed by atoms with Crippen molar-refractivity contribution < 1.29 is 28.9 Å². The molecule has 9 nitrogen and oxygen atoms in total. The number of phenols is 1. The van der Waals surface area contributed by atoms with Crippen molar-refractivity contribution in [2.75, 3.05) is 26.8 Å². The molecule has 0 aliphatic carbocycles. The van der Waals surface area contributed by atoms with Crippen LogP contribution in [0.4, 0.5) is 0 Å². The third-order valence-corrected chi connectivity index (χ3v) is 8.83. The van der Waals surface area contributed by atoms with Crippen molar-refractivity contribution in [1.29, 1.82) is 0 Å². The highest BCUT2D eigenvalue weighted by Crippen LogP contribution is 2.44. The zero-order chi connectivity index (χ0) is 31.9. The Balaban J connectivity index is 1.36. The number of aromatic hydroxyl groups is 1.